The lowest BCUT2D eigenvalue weighted by molar-refractivity contribution is 0.0156. The molecule has 1 aliphatic heterocycles. The van der Waals surface area contributed by atoms with Crippen molar-refractivity contribution in [1.82, 2.24) is 4.90 Å². The van der Waals surface area contributed by atoms with E-state index in [1.807, 2.05) is 20.8 Å². The van der Waals surface area contributed by atoms with Crippen LogP contribution in [0.1, 0.15) is 40.0 Å². The Bertz CT molecular complexity index is 275. The maximum absolute atomic E-state index is 11.7. The van der Waals surface area contributed by atoms with E-state index >= 15 is 0 Å². The number of nitriles is 1. The number of ether oxygens (including phenoxy) is 1. The molecule has 0 N–H and O–H groups in total. The third-order valence-electron chi connectivity index (χ3n) is 2.28. The average Bonchev–Trinajstić information content (AvgIpc) is 2.15. The standard InChI is InChI=1S/C11H18N2O2/c1-11(2,3)15-10(14)13-7-5-4-6-9(13)8-12/h9H,4-7H2,1-3H3/t9-/m1/s1. The first-order valence-corrected chi connectivity index (χ1v) is 5.33. The van der Waals surface area contributed by atoms with Gasteiger partial charge in [-0.3, -0.25) is 4.90 Å². The van der Waals surface area contributed by atoms with Gasteiger partial charge in [0.1, 0.15) is 11.6 Å². The highest BCUT2D eigenvalue weighted by Crippen LogP contribution is 2.19. The zero-order chi connectivity index (χ0) is 11.5. The van der Waals surface area contributed by atoms with Gasteiger partial charge in [-0.15, -0.1) is 0 Å². The van der Waals surface area contributed by atoms with E-state index in [4.69, 9.17) is 10.00 Å². The Hall–Kier alpha value is -1.24. The lowest BCUT2D eigenvalue weighted by Crippen LogP contribution is -2.45. The van der Waals surface area contributed by atoms with Crippen molar-refractivity contribution in [3.05, 3.63) is 0 Å². The van der Waals surface area contributed by atoms with Crippen LogP contribution in [0.25, 0.3) is 0 Å². The average molecular weight is 210 g/mol. The topological polar surface area (TPSA) is 53.3 Å². The van der Waals surface area contributed by atoms with Gasteiger partial charge in [-0.25, -0.2) is 4.79 Å². The van der Waals surface area contributed by atoms with Crippen molar-refractivity contribution >= 4 is 6.09 Å². The molecule has 0 aromatic rings. The molecule has 1 amide bonds. The summed E-state index contributed by atoms with van der Waals surface area (Å²) in [6.07, 6.45) is 2.36. The van der Waals surface area contributed by atoms with Crippen LogP contribution in [0.15, 0.2) is 0 Å². The van der Waals surface area contributed by atoms with Crippen LogP contribution in [0.4, 0.5) is 4.79 Å². The first-order valence-electron chi connectivity index (χ1n) is 5.33. The van der Waals surface area contributed by atoms with Gasteiger partial charge in [-0.05, 0) is 40.0 Å². The summed E-state index contributed by atoms with van der Waals surface area (Å²) in [4.78, 5) is 13.3. The zero-order valence-corrected chi connectivity index (χ0v) is 9.62. The number of amides is 1. The first-order chi connectivity index (χ1) is 6.94. The Morgan fingerprint density at radius 3 is 2.67 bits per heavy atom. The van der Waals surface area contributed by atoms with Crippen LogP contribution in [0.2, 0.25) is 0 Å². The lowest BCUT2D eigenvalue weighted by atomic mass is 10.0. The summed E-state index contributed by atoms with van der Waals surface area (Å²) in [6, 6.07) is 1.83. The maximum atomic E-state index is 11.7. The summed E-state index contributed by atoms with van der Waals surface area (Å²) in [6.45, 7) is 6.12. The fraction of sp³-hybridized carbons (Fsp3) is 0.818. The maximum Gasteiger partial charge on any atom is 0.411 e. The van der Waals surface area contributed by atoms with Crippen molar-refractivity contribution in [1.29, 1.82) is 5.26 Å². The van der Waals surface area contributed by atoms with Crippen LogP contribution in [-0.2, 0) is 4.74 Å². The fourth-order valence-corrected chi connectivity index (χ4v) is 1.60. The lowest BCUT2D eigenvalue weighted by Gasteiger charge is -2.33. The monoisotopic (exact) mass is 210 g/mol. The summed E-state index contributed by atoms with van der Waals surface area (Å²) in [7, 11) is 0. The van der Waals surface area contributed by atoms with Crippen molar-refractivity contribution in [3.8, 4) is 6.07 Å². The van der Waals surface area contributed by atoms with Crippen LogP contribution >= 0.6 is 0 Å². The van der Waals surface area contributed by atoms with Crippen molar-refractivity contribution in [2.24, 2.45) is 0 Å². The molecule has 1 fully saturated rings. The van der Waals surface area contributed by atoms with Gasteiger partial charge >= 0.3 is 6.09 Å². The molecule has 0 saturated carbocycles. The molecular weight excluding hydrogens is 192 g/mol. The van der Waals surface area contributed by atoms with Gasteiger partial charge in [-0.2, -0.15) is 5.26 Å². The minimum atomic E-state index is -0.492. The highest BCUT2D eigenvalue weighted by molar-refractivity contribution is 5.69. The van der Waals surface area contributed by atoms with Gasteiger partial charge in [0.25, 0.3) is 0 Å². The molecule has 0 aliphatic carbocycles. The molecule has 0 radical (unpaired) electrons. The second kappa shape index (κ2) is 4.52. The Balaban J connectivity index is 2.61. The molecule has 0 aromatic heterocycles. The van der Waals surface area contributed by atoms with Crippen molar-refractivity contribution in [2.75, 3.05) is 6.54 Å². The quantitative estimate of drug-likeness (QED) is 0.616. The van der Waals surface area contributed by atoms with E-state index in [1.54, 1.807) is 0 Å². The number of hydrogen-bond acceptors (Lipinski definition) is 3. The van der Waals surface area contributed by atoms with E-state index in [2.05, 4.69) is 6.07 Å². The second-order valence-electron chi connectivity index (χ2n) is 4.81. The molecule has 1 rings (SSSR count). The number of carbonyl (C=O) groups is 1. The summed E-state index contributed by atoms with van der Waals surface area (Å²) >= 11 is 0. The molecule has 4 heteroatoms. The molecule has 1 aliphatic rings. The normalized spacial score (nSPS) is 22.0. The number of hydrogen-bond donors (Lipinski definition) is 0. The second-order valence-corrected chi connectivity index (χ2v) is 4.81. The summed E-state index contributed by atoms with van der Waals surface area (Å²) in [5.74, 6) is 0. The van der Waals surface area contributed by atoms with E-state index in [9.17, 15) is 4.79 Å². The van der Waals surface area contributed by atoms with Crippen LogP contribution in [0.5, 0.6) is 0 Å². The molecule has 0 unspecified atom stereocenters. The van der Waals surface area contributed by atoms with Crippen LogP contribution in [0, 0.1) is 11.3 Å². The molecule has 0 bridgehead atoms. The minimum absolute atomic E-state index is 0.311. The van der Waals surface area contributed by atoms with E-state index in [1.165, 1.54) is 4.90 Å². The van der Waals surface area contributed by atoms with Gasteiger partial charge < -0.3 is 4.74 Å². The Kier molecular flexibility index (Phi) is 3.57. The Labute approximate surface area is 90.8 Å². The number of nitrogens with zero attached hydrogens (tertiary/aromatic N) is 2. The molecule has 1 atom stereocenters. The molecule has 15 heavy (non-hydrogen) atoms. The molecule has 1 saturated heterocycles. The molecule has 84 valence electrons. The van der Waals surface area contributed by atoms with Gasteiger partial charge in [0, 0.05) is 6.54 Å². The van der Waals surface area contributed by atoms with E-state index in [0.29, 0.717) is 6.54 Å². The summed E-state index contributed by atoms with van der Waals surface area (Å²) in [5, 5.41) is 8.91. The predicted octanol–water partition coefficient (Wildman–Crippen LogP) is 2.30. The van der Waals surface area contributed by atoms with E-state index in [0.717, 1.165) is 19.3 Å². The molecule has 4 nitrogen and oxygen atoms in total. The van der Waals surface area contributed by atoms with Crippen molar-refractivity contribution < 1.29 is 9.53 Å². The smallest absolute Gasteiger partial charge is 0.411 e. The SMILES string of the molecule is CC(C)(C)OC(=O)N1CCCC[C@@H]1C#N. The number of piperidine rings is 1. The Morgan fingerprint density at radius 1 is 1.47 bits per heavy atom. The minimum Gasteiger partial charge on any atom is -0.444 e. The number of carbonyl (C=O) groups excluding carboxylic acids is 1. The van der Waals surface area contributed by atoms with Gasteiger partial charge in [0.05, 0.1) is 6.07 Å². The third kappa shape index (κ3) is 3.43. The van der Waals surface area contributed by atoms with Crippen LogP contribution < -0.4 is 0 Å². The predicted molar refractivity (Wildman–Crippen MR) is 56.2 cm³/mol. The molecule has 0 aromatic carbocycles. The molecule has 0 spiro atoms. The van der Waals surface area contributed by atoms with Crippen LogP contribution in [0.3, 0.4) is 0 Å². The zero-order valence-electron chi connectivity index (χ0n) is 9.62. The molecular formula is C11H18N2O2. The van der Waals surface area contributed by atoms with Crippen molar-refractivity contribution in [2.45, 2.75) is 51.7 Å². The highest BCUT2D eigenvalue weighted by atomic mass is 16.6. The molecule has 1 heterocycles. The fourth-order valence-electron chi connectivity index (χ4n) is 1.60. The number of likely N-dealkylation sites (tertiary alicyclic amines) is 1. The summed E-state index contributed by atoms with van der Waals surface area (Å²) in [5.41, 5.74) is -0.492. The van der Waals surface area contributed by atoms with Gasteiger partial charge in [-0.1, -0.05) is 0 Å². The Morgan fingerprint density at radius 2 is 2.13 bits per heavy atom. The van der Waals surface area contributed by atoms with Crippen molar-refractivity contribution in [3.63, 3.8) is 0 Å². The first kappa shape index (κ1) is 11.8. The number of rotatable bonds is 0. The third-order valence-corrected chi connectivity index (χ3v) is 2.28. The van der Waals surface area contributed by atoms with Gasteiger partial charge in [0.2, 0.25) is 0 Å². The summed E-state index contributed by atoms with van der Waals surface area (Å²) < 4.78 is 5.25. The largest absolute Gasteiger partial charge is 0.444 e. The van der Waals surface area contributed by atoms with E-state index in [-0.39, 0.29) is 12.1 Å². The van der Waals surface area contributed by atoms with Gasteiger partial charge in [0.15, 0.2) is 0 Å². The van der Waals surface area contributed by atoms with Crippen LogP contribution in [-0.4, -0.2) is 29.2 Å². The van der Waals surface area contributed by atoms with E-state index < -0.39 is 5.60 Å². The highest BCUT2D eigenvalue weighted by Gasteiger charge is 2.30.